The number of aromatic nitrogens is 1. The molecule has 0 bridgehead atoms. The van der Waals surface area contributed by atoms with E-state index in [1.54, 1.807) is 6.07 Å². The molecular weight excluding hydrogens is 318 g/mol. The van der Waals surface area contributed by atoms with Gasteiger partial charge in [0.15, 0.2) is 11.5 Å². The molecule has 0 radical (unpaired) electrons. The molecule has 0 spiro atoms. The number of anilines is 1. The molecule has 3 heterocycles. The number of hydrogen-bond acceptors (Lipinski definition) is 6. The van der Waals surface area contributed by atoms with Crippen LogP contribution in [0.4, 0.5) is 5.82 Å². The van der Waals surface area contributed by atoms with Crippen molar-refractivity contribution in [3.05, 3.63) is 47.2 Å². The summed E-state index contributed by atoms with van der Waals surface area (Å²) in [4.78, 5) is 6.50. The number of nitrogens with zero attached hydrogens (tertiary/aromatic N) is 3. The third-order valence-corrected chi connectivity index (χ3v) is 4.84. The molecule has 2 aliphatic rings. The first-order valence-electron chi connectivity index (χ1n) is 8.36. The van der Waals surface area contributed by atoms with Crippen LogP contribution in [0.3, 0.4) is 0 Å². The van der Waals surface area contributed by atoms with E-state index in [1.165, 1.54) is 0 Å². The molecule has 1 aromatic carbocycles. The minimum absolute atomic E-state index is 0.0288. The maximum Gasteiger partial charge on any atom is 0.231 e. The van der Waals surface area contributed by atoms with Crippen LogP contribution < -0.4 is 14.4 Å². The summed E-state index contributed by atoms with van der Waals surface area (Å²) in [5.41, 5.74) is 2.45. The van der Waals surface area contributed by atoms with Crippen LogP contribution in [0, 0.1) is 18.3 Å². The standard InChI is InChI=1S/C19H19N3O3/c1-12-2-3-14(9-20)19(21-12)22-7-6-15(16(23)10-22)13-4-5-17-18(8-13)25-11-24-17/h2-5,8,15-16,23H,6-7,10-11H2,1H3/t15-,16+/m0/s1. The molecule has 2 aliphatic heterocycles. The fraction of sp³-hybridized carbons (Fsp3) is 0.368. The van der Waals surface area contributed by atoms with Gasteiger partial charge in [0.25, 0.3) is 0 Å². The second-order valence-electron chi connectivity index (χ2n) is 6.46. The predicted octanol–water partition coefficient (Wildman–Crippen LogP) is 2.35. The summed E-state index contributed by atoms with van der Waals surface area (Å²) in [5, 5.41) is 20.0. The molecule has 6 nitrogen and oxygen atoms in total. The topological polar surface area (TPSA) is 78.6 Å². The number of pyridine rings is 1. The fourth-order valence-corrected chi connectivity index (χ4v) is 3.53. The Bertz CT molecular complexity index is 846. The van der Waals surface area contributed by atoms with E-state index >= 15 is 0 Å². The number of rotatable bonds is 2. The molecule has 4 rings (SSSR count). The fourth-order valence-electron chi connectivity index (χ4n) is 3.53. The second-order valence-corrected chi connectivity index (χ2v) is 6.46. The Morgan fingerprint density at radius 1 is 1.24 bits per heavy atom. The van der Waals surface area contributed by atoms with Crippen molar-refractivity contribution in [1.82, 2.24) is 4.98 Å². The average Bonchev–Trinajstić information content (AvgIpc) is 3.09. The van der Waals surface area contributed by atoms with E-state index in [-0.39, 0.29) is 12.7 Å². The number of hydrogen-bond donors (Lipinski definition) is 1. The van der Waals surface area contributed by atoms with Crippen molar-refractivity contribution >= 4 is 5.82 Å². The van der Waals surface area contributed by atoms with E-state index in [9.17, 15) is 10.4 Å². The van der Waals surface area contributed by atoms with Crippen LogP contribution >= 0.6 is 0 Å². The van der Waals surface area contributed by atoms with Crippen LogP contribution in [0.25, 0.3) is 0 Å². The zero-order chi connectivity index (χ0) is 17.4. The highest BCUT2D eigenvalue weighted by molar-refractivity contribution is 5.55. The van der Waals surface area contributed by atoms with Crippen molar-refractivity contribution in [2.45, 2.75) is 25.4 Å². The van der Waals surface area contributed by atoms with Crippen LogP contribution in [0.5, 0.6) is 11.5 Å². The van der Waals surface area contributed by atoms with Crippen LogP contribution in [0.1, 0.15) is 29.2 Å². The minimum Gasteiger partial charge on any atom is -0.454 e. The summed E-state index contributed by atoms with van der Waals surface area (Å²) in [6.07, 6.45) is 0.240. The molecule has 2 atom stereocenters. The van der Waals surface area contributed by atoms with Gasteiger partial charge in [-0.15, -0.1) is 0 Å². The van der Waals surface area contributed by atoms with Gasteiger partial charge in [0.2, 0.25) is 6.79 Å². The van der Waals surface area contributed by atoms with Gasteiger partial charge in [-0.25, -0.2) is 4.98 Å². The minimum atomic E-state index is -0.539. The Balaban J connectivity index is 1.55. The Labute approximate surface area is 146 Å². The maximum atomic E-state index is 10.7. The third-order valence-electron chi connectivity index (χ3n) is 4.84. The van der Waals surface area contributed by atoms with Gasteiger partial charge in [-0.3, -0.25) is 0 Å². The van der Waals surface area contributed by atoms with Gasteiger partial charge in [0.05, 0.1) is 11.7 Å². The van der Waals surface area contributed by atoms with Crippen LogP contribution in [0.15, 0.2) is 30.3 Å². The molecule has 1 saturated heterocycles. The Hall–Kier alpha value is -2.78. The van der Waals surface area contributed by atoms with Crippen molar-refractivity contribution in [3.8, 4) is 17.6 Å². The van der Waals surface area contributed by atoms with Crippen LogP contribution in [-0.4, -0.2) is 36.1 Å². The third kappa shape index (κ3) is 2.87. The van der Waals surface area contributed by atoms with Crippen molar-refractivity contribution in [2.24, 2.45) is 0 Å². The number of piperidine rings is 1. The highest BCUT2D eigenvalue weighted by atomic mass is 16.7. The first-order chi connectivity index (χ1) is 12.2. The highest BCUT2D eigenvalue weighted by Crippen LogP contribution is 2.38. The number of nitriles is 1. The first kappa shape index (κ1) is 15.7. The molecule has 1 fully saturated rings. The van der Waals surface area contributed by atoms with E-state index in [2.05, 4.69) is 11.1 Å². The lowest BCUT2D eigenvalue weighted by molar-refractivity contribution is 0.129. The van der Waals surface area contributed by atoms with E-state index in [1.807, 2.05) is 36.1 Å². The van der Waals surface area contributed by atoms with Gasteiger partial charge < -0.3 is 19.5 Å². The Kier molecular flexibility index (Phi) is 3.94. The number of fused-ring (bicyclic) bond motifs is 1. The number of β-amino-alcohol motifs (C(OH)–C–C–N with tert-alkyl or cyclic N) is 1. The molecule has 0 saturated carbocycles. The van der Waals surface area contributed by atoms with Gasteiger partial charge in [-0.1, -0.05) is 6.07 Å². The van der Waals surface area contributed by atoms with Gasteiger partial charge in [0.1, 0.15) is 11.9 Å². The number of aryl methyl sites for hydroxylation is 1. The summed E-state index contributed by atoms with van der Waals surface area (Å²) in [7, 11) is 0. The van der Waals surface area contributed by atoms with Crippen LogP contribution in [0.2, 0.25) is 0 Å². The van der Waals surface area contributed by atoms with Crippen molar-refractivity contribution < 1.29 is 14.6 Å². The number of aliphatic hydroxyl groups is 1. The lowest BCUT2D eigenvalue weighted by Gasteiger charge is -2.37. The Morgan fingerprint density at radius 3 is 2.88 bits per heavy atom. The average molecular weight is 337 g/mol. The number of aliphatic hydroxyl groups excluding tert-OH is 1. The summed E-state index contributed by atoms with van der Waals surface area (Å²) >= 11 is 0. The summed E-state index contributed by atoms with van der Waals surface area (Å²) < 4.78 is 10.8. The Morgan fingerprint density at radius 2 is 2.08 bits per heavy atom. The van der Waals surface area contributed by atoms with E-state index in [0.717, 1.165) is 35.7 Å². The molecule has 1 aromatic heterocycles. The van der Waals surface area contributed by atoms with Crippen LogP contribution in [-0.2, 0) is 0 Å². The molecular formula is C19H19N3O3. The normalized spacial score (nSPS) is 21.9. The highest BCUT2D eigenvalue weighted by Gasteiger charge is 2.31. The zero-order valence-corrected chi connectivity index (χ0v) is 14.0. The van der Waals surface area contributed by atoms with Gasteiger partial charge >= 0.3 is 0 Å². The smallest absolute Gasteiger partial charge is 0.231 e. The molecule has 0 unspecified atom stereocenters. The largest absolute Gasteiger partial charge is 0.454 e. The van der Waals surface area contributed by atoms with Crippen molar-refractivity contribution in [3.63, 3.8) is 0 Å². The molecule has 0 aliphatic carbocycles. The van der Waals surface area contributed by atoms with E-state index < -0.39 is 6.10 Å². The molecule has 25 heavy (non-hydrogen) atoms. The molecule has 1 N–H and O–H groups in total. The summed E-state index contributed by atoms with van der Waals surface area (Å²) in [5.74, 6) is 2.17. The predicted molar refractivity (Wildman–Crippen MR) is 91.8 cm³/mol. The molecule has 6 heteroatoms. The first-order valence-corrected chi connectivity index (χ1v) is 8.36. The monoisotopic (exact) mass is 337 g/mol. The zero-order valence-electron chi connectivity index (χ0n) is 14.0. The number of ether oxygens (including phenoxy) is 2. The quantitative estimate of drug-likeness (QED) is 0.906. The van der Waals surface area contributed by atoms with Gasteiger partial charge in [0, 0.05) is 24.7 Å². The lowest BCUT2D eigenvalue weighted by Crippen LogP contribution is -2.43. The maximum absolute atomic E-state index is 10.7. The van der Waals surface area contributed by atoms with Crippen molar-refractivity contribution in [1.29, 1.82) is 5.26 Å². The second kappa shape index (κ2) is 6.26. The molecule has 0 amide bonds. The van der Waals surface area contributed by atoms with Crippen molar-refractivity contribution in [2.75, 3.05) is 24.8 Å². The number of benzene rings is 1. The SMILES string of the molecule is Cc1ccc(C#N)c(N2CC[C@@H](c3ccc4c(c3)OCO4)[C@H](O)C2)n1. The summed E-state index contributed by atoms with van der Waals surface area (Å²) in [6, 6.07) is 11.6. The van der Waals surface area contributed by atoms with Gasteiger partial charge in [-0.05, 0) is 43.2 Å². The molecule has 128 valence electrons. The lowest BCUT2D eigenvalue weighted by atomic mass is 9.86. The molecule has 2 aromatic rings. The van der Waals surface area contributed by atoms with Gasteiger partial charge in [-0.2, -0.15) is 5.26 Å². The summed E-state index contributed by atoms with van der Waals surface area (Å²) in [6.45, 7) is 3.34. The van der Waals surface area contributed by atoms with E-state index in [4.69, 9.17) is 9.47 Å². The van der Waals surface area contributed by atoms with E-state index in [0.29, 0.717) is 17.9 Å².